The third-order valence-electron chi connectivity index (χ3n) is 1.42. The minimum absolute atomic E-state index is 0.0853. The van der Waals surface area contributed by atoms with Gasteiger partial charge in [0.2, 0.25) is 0 Å². The monoisotopic (exact) mass is 182 g/mol. The lowest BCUT2D eigenvalue weighted by Gasteiger charge is -2.32. The van der Waals surface area contributed by atoms with E-state index < -0.39 is 7.87 Å². The zero-order valence-electron chi connectivity index (χ0n) is 7.19. The van der Waals surface area contributed by atoms with Crippen LogP contribution in [0, 0.1) is 0 Å². The molecule has 0 aliphatic rings. The summed E-state index contributed by atoms with van der Waals surface area (Å²) < 4.78 is 10.3. The van der Waals surface area contributed by atoms with Crippen LogP contribution in [-0.2, 0) is 8.85 Å². The smallest absolute Gasteiger partial charge is 0.386 e. The predicted molar refractivity (Wildman–Crippen MR) is 45.3 cm³/mol. The maximum absolute atomic E-state index is 6.08. The van der Waals surface area contributed by atoms with Gasteiger partial charge in [-0.15, -0.1) is 0 Å². The van der Waals surface area contributed by atoms with Crippen molar-refractivity contribution in [3.63, 3.8) is 0 Å². The van der Waals surface area contributed by atoms with Crippen LogP contribution in [-0.4, -0.2) is 22.1 Å². The van der Waals surface area contributed by atoms with Crippen molar-refractivity contribution in [1.82, 2.24) is 0 Å². The van der Waals surface area contributed by atoms with Gasteiger partial charge in [-0.3, -0.25) is 0 Å². The molecule has 4 heteroatoms. The van der Waals surface area contributed by atoms with Crippen LogP contribution >= 0.6 is 11.1 Å². The first-order valence-electron chi connectivity index (χ1n) is 3.16. The van der Waals surface area contributed by atoms with Crippen LogP contribution in [0.4, 0.5) is 0 Å². The van der Waals surface area contributed by atoms with E-state index in [0.29, 0.717) is 0 Å². The van der Waals surface area contributed by atoms with Gasteiger partial charge in [0.05, 0.1) is 0 Å². The Morgan fingerprint density at radius 1 is 1.10 bits per heavy atom. The molecule has 0 unspecified atom stereocenters. The Labute approximate surface area is 68.4 Å². The second-order valence-corrected chi connectivity index (χ2v) is 8.08. The molecule has 0 spiro atoms. The Morgan fingerprint density at radius 3 is 1.40 bits per heavy atom. The van der Waals surface area contributed by atoms with E-state index >= 15 is 0 Å². The van der Waals surface area contributed by atoms with Crippen molar-refractivity contribution in [1.29, 1.82) is 0 Å². The van der Waals surface area contributed by atoms with Crippen LogP contribution in [0.2, 0.25) is 5.04 Å². The Balaban J connectivity index is 4.33. The van der Waals surface area contributed by atoms with Gasteiger partial charge in [-0.1, -0.05) is 31.9 Å². The largest absolute Gasteiger partial charge is 0.448 e. The van der Waals surface area contributed by atoms with E-state index in [-0.39, 0.29) is 5.04 Å². The molecule has 0 aromatic rings. The van der Waals surface area contributed by atoms with Gasteiger partial charge in [-0.05, 0) is 0 Å². The first-order valence-corrected chi connectivity index (χ1v) is 5.99. The van der Waals surface area contributed by atoms with Crippen LogP contribution in [0.15, 0.2) is 0 Å². The fraction of sp³-hybridized carbons (Fsp3) is 1.00. The Hall–Kier alpha value is 0.427. The third-order valence-corrected chi connectivity index (χ3v) is 6.89. The summed E-state index contributed by atoms with van der Waals surface area (Å²) in [5.74, 6) is 0. The molecule has 0 atom stereocenters. The highest BCUT2D eigenvalue weighted by Gasteiger charge is 2.46. The molecule has 0 aliphatic heterocycles. The van der Waals surface area contributed by atoms with E-state index in [0.717, 1.165) is 0 Å². The summed E-state index contributed by atoms with van der Waals surface area (Å²) >= 11 is 6.08. The van der Waals surface area contributed by atoms with Crippen molar-refractivity contribution in [3.05, 3.63) is 0 Å². The van der Waals surface area contributed by atoms with Crippen molar-refractivity contribution in [2.45, 2.75) is 25.8 Å². The minimum Gasteiger partial charge on any atom is -0.386 e. The quantitative estimate of drug-likeness (QED) is 0.482. The summed E-state index contributed by atoms with van der Waals surface area (Å²) in [6, 6.07) is 0. The molecule has 0 saturated heterocycles. The average molecular weight is 183 g/mol. The van der Waals surface area contributed by atoms with Gasteiger partial charge in [-0.25, -0.2) is 0 Å². The molecular formula is C6H15ClO2Si. The zero-order chi connectivity index (χ0) is 8.41. The van der Waals surface area contributed by atoms with E-state index in [9.17, 15) is 0 Å². The maximum Gasteiger partial charge on any atom is 0.448 e. The predicted octanol–water partition coefficient (Wildman–Crippen LogP) is 2.26. The normalized spacial score (nSPS) is 13.8. The van der Waals surface area contributed by atoms with Crippen LogP contribution in [0.25, 0.3) is 0 Å². The van der Waals surface area contributed by atoms with Gasteiger partial charge < -0.3 is 8.85 Å². The van der Waals surface area contributed by atoms with Crippen molar-refractivity contribution in [2.75, 3.05) is 14.2 Å². The molecule has 0 radical (unpaired) electrons. The lowest BCUT2D eigenvalue weighted by molar-refractivity contribution is 0.239. The molecule has 62 valence electrons. The van der Waals surface area contributed by atoms with E-state index in [1.807, 2.05) is 20.8 Å². The van der Waals surface area contributed by atoms with Crippen LogP contribution < -0.4 is 0 Å². The topological polar surface area (TPSA) is 18.5 Å². The summed E-state index contributed by atoms with van der Waals surface area (Å²) in [6.07, 6.45) is 0. The summed E-state index contributed by atoms with van der Waals surface area (Å²) in [4.78, 5) is 0. The summed E-state index contributed by atoms with van der Waals surface area (Å²) in [5.41, 5.74) is 0. The van der Waals surface area contributed by atoms with E-state index in [4.69, 9.17) is 19.9 Å². The molecule has 0 N–H and O–H groups in total. The van der Waals surface area contributed by atoms with Crippen molar-refractivity contribution in [2.24, 2.45) is 0 Å². The maximum atomic E-state index is 6.08. The van der Waals surface area contributed by atoms with Gasteiger partial charge in [-0.2, -0.15) is 0 Å². The summed E-state index contributed by atoms with van der Waals surface area (Å²) in [6.45, 7) is 6.04. The van der Waals surface area contributed by atoms with Gasteiger partial charge >= 0.3 is 7.87 Å². The first kappa shape index (κ1) is 10.4. The Morgan fingerprint density at radius 2 is 1.40 bits per heavy atom. The van der Waals surface area contributed by atoms with E-state index in [1.165, 1.54) is 0 Å². The van der Waals surface area contributed by atoms with Crippen LogP contribution in [0.5, 0.6) is 0 Å². The fourth-order valence-electron chi connectivity index (χ4n) is 0.696. The molecule has 2 nitrogen and oxygen atoms in total. The molecule has 0 heterocycles. The molecule has 0 bridgehead atoms. The van der Waals surface area contributed by atoms with Crippen molar-refractivity contribution >= 4 is 18.9 Å². The highest BCUT2D eigenvalue weighted by atomic mass is 35.6. The number of rotatable bonds is 2. The molecule has 10 heavy (non-hydrogen) atoms. The van der Waals surface area contributed by atoms with Crippen molar-refractivity contribution in [3.8, 4) is 0 Å². The molecular weight excluding hydrogens is 168 g/mol. The summed E-state index contributed by atoms with van der Waals surface area (Å²) in [5, 5.41) is -0.0853. The lowest BCUT2D eigenvalue weighted by atomic mass is 10.3. The highest BCUT2D eigenvalue weighted by Crippen LogP contribution is 2.39. The number of hydrogen-bond acceptors (Lipinski definition) is 2. The van der Waals surface area contributed by atoms with Crippen molar-refractivity contribution < 1.29 is 8.85 Å². The van der Waals surface area contributed by atoms with E-state index in [1.54, 1.807) is 14.2 Å². The van der Waals surface area contributed by atoms with Gasteiger partial charge in [0.25, 0.3) is 0 Å². The minimum atomic E-state index is -2.43. The standard InChI is InChI=1S/C6H15ClO2Si/c1-6(2,3)10(7,8-4)9-5/h1-5H3. The molecule has 0 amide bonds. The molecule has 0 aliphatic carbocycles. The molecule has 0 saturated carbocycles. The lowest BCUT2D eigenvalue weighted by Crippen LogP contribution is -2.43. The molecule has 0 rings (SSSR count). The highest BCUT2D eigenvalue weighted by molar-refractivity contribution is 7.14. The van der Waals surface area contributed by atoms with Crippen LogP contribution in [0.3, 0.4) is 0 Å². The van der Waals surface area contributed by atoms with Gasteiger partial charge in [0.1, 0.15) is 0 Å². The second kappa shape index (κ2) is 3.22. The van der Waals surface area contributed by atoms with E-state index in [2.05, 4.69) is 0 Å². The average Bonchev–Trinajstić information content (AvgIpc) is 1.84. The molecule has 0 aromatic heterocycles. The first-order chi connectivity index (χ1) is 4.37. The SMILES string of the molecule is CO[Si](Cl)(OC)C(C)(C)C. The van der Waals surface area contributed by atoms with Crippen LogP contribution in [0.1, 0.15) is 20.8 Å². The Bertz CT molecular complexity index is 107. The van der Waals surface area contributed by atoms with Gasteiger partial charge in [0.15, 0.2) is 0 Å². The van der Waals surface area contributed by atoms with Gasteiger partial charge in [0, 0.05) is 19.3 Å². The third kappa shape index (κ3) is 1.95. The Kier molecular flexibility index (Phi) is 3.35. The summed E-state index contributed by atoms with van der Waals surface area (Å²) in [7, 11) is 0.756. The number of hydrogen-bond donors (Lipinski definition) is 0. The molecule has 0 fully saturated rings. The number of halogens is 1. The fourth-order valence-corrected chi connectivity index (χ4v) is 2.09. The molecule has 0 aromatic carbocycles. The zero-order valence-corrected chi connectivity index (χ0v) is 8.95. The second-order valence-electron chi connectivity index (χ2n) is 3.19.